The van der Waals surface area contributed by atoms with Crippen LogP contribution in [0.15, 0.2) is 83.8 Å². The van der Waals surface area contributed by atoms with Crippen molar-refractivity contribution in [3.63, 3.8) is 0 Å². The molecule has 0 heterocycles. The van der Waals surface area contributed by atoms with Crippen molar-refractivity contribution in [3.8, 4) is 5.75 Å². The fourth-order valence-electron chi connectivity index (χ4n) is 3.04. The van der Waals surface area contributed by atoms with Gasteiger partial charge in [-0.2, -0.15) is 0 Å². The van der Waals surface area contributed by atoms with E-state index < -0.39 is 10.0 Å². The smallest absolute Gasteiger partial charge is 0.261 e. The number of amides is 1. The molecule has 2 N–H and O–H groups in total. The summed E-state index contributed by atoms with van der Waals surface area (Å²) in [5.41, 5.74) is 1.66. The van der Waals surface area contributed by atoms with Crippen LogP contribution in [0.1, 0.15) is 35.3 Å². The van der Waals surface area contributed by atoms with E-state index in [1.165, 1.54) is 18.2 Å². The topological polar surface area (TPSA) is 84.5 Å². The average Bonchev–Trinajstić information content (AvgIpc) is 2.78. The van der Waals surface area contributed by atoms with Gasteiger partial charge in [0.05, 0.1) is 18.0 Å². The highest BCUT2D eigenvalue weighted by Gasteiger charge is 2.17. The largest absolute Gasteiger partial charge is 0.497 e. The zero-order valence-corrected chi connectivity index (χ0v) is 17.6. The predicted octanol–water partition coefficient (Wildman–Crippen LogP) is 4.38. The first-order valence-corrected chi connectivity index (χ1v) is 11.0. The van der Waals surface area contributed by atoms with Crippen molar-refractivity contribution >= 4 is 21.6 Å². The third kappa shape index (κ3) is 5.18. The molecule has 156 valence electrons. The molecule has 1 atom stereocenters. The van der Waals surface area contributed by atoms with Crippen LogP contribution >= 0.6 is 0 Å². The van der Waals surface area contributed by atoms with Crippen LogP contribution in [0.4, 0.5) is 5.69 Å². The predicted molar refractivity (Wildman–Crippen MR) is 117 cm³/mol. The number of carbonyl (C=O) groups excluding carboxylic acids is 1. The lowest BCUT2D eigenvalue weighted by Crippen LogP contribution is -2.28. The number of sulfonamides is 1. The highest BCUT2D eigenvalue weighted by molar-refractivity contribution is 7.92. The number of ether oxygens (including phenoxy) is 1. The van der Waals surface area contributed by atoms with Crippen molar-refractivity contribution in [2.75, 3.05) is 11.8 Å². The molecule has 0 saturated carbocycles. The summed E-state index contributed by atoms with van der Waals surface area (Å²) in [7, 11) is -2.12. The lowest BCUT2D eigenvalue weighted by molar-refractivity contribution is 0.0935. The number of hydrogen-bond donors (Lipinski definition) is 2. The first kappa shape index (κ1) is 21.4. The number of nitrogens with one attached hydrogen (secondary N) is 2. The fourth-order valence-corrected chi connectivity index (χ4v) is 4.11. The van der Waals surface area contributed by atoms with Crippen LogP contribution in [0.5, 0.6) is 5.75 Å². The van der Waals surface area contributed by atoms with Crippen molar-refractivity contribution < 1.29 is 17.9 Å². The van der Waals surface area contributed by atoms with Crippen LogP contribution in [-0.4, -0.2) is 21.4 Å². The first-order valence-electron chi connectivity index (χ1n) is 9.55. The van der Waals surface area contributed by atoms with E-state index in [4.69, 9.17) is 4.74 Å². The molecule has 0 unspecified atom stereocenters. The molecule has 6 nitrogen and oxygen atoms in total. The maximum absolute atomic E-state index is 12.8. The van der Waals surface area contributed by atoms with E-state index in [0.29, 0.717) is 17.7 Å². The van der Waals surface area contributed by atoms with Gasteiger partial charge in [-0.25, -0.2) is 8.42 Å². The van der Waals surface area contributed by atoms with Crippen molar-refractivity contribution in [3.05, 3.63) is 90.0 Å². The second-order valence-electron chi connectivity index (χ2n) is 6.71. The van der Waals surface area contributed by atoms with E-state index in [2.05, 4.69) is 10.0 Å². The van der Waals surface area contributed by atoms with Crippen LogP contribution in [0.3, 0.4) is 0 Å². The van der Waals surface area contributed by atoms with Crippen LogP contribution < -0.4 is 14.8 Å². The maximum Gasteiger partial charge on any atom is 0.261 e. The standard InChI is InChI=1S/C23H24N2O4S/c1-3-22(17-12-14-20(29-2)15-13-17)24-23(26)18-8-7-9-19(16-18)25-30(27,28)21-10-5-4-6-11-21/h4-16,22,25H,3H2,1-2H3,(H,24,26)/t22-/m0/s1. The van der Waals surface area contributed by atoms with Gasteiger partial charge in [0.2, 0.25) is 0 Å². The molecule has 0 aliphatic rings. The van der Waals surface area contributed by atoms with E-state index in [1.54, 1.807) is 43.5 Å². The van der Waals surface area contributed by atoms with Crippen LogP contribution in [0.2, 0.25) is 0 Å². The molecule has 7 heteroatoms. The molecule has 0 spiro atoms. The van der Waals surface area contributed by atoms with Gasteiger partial charge in [0, 0.05) is 11.3 Å². The summed E-state index contributed by atoms with van der Waals surface area (Å²) in [5.74, 6) is 0.469. The third-order valence-electron chi connectivity index (χ3n) is 4.66. The monoisotopic (exact) mass is 424 g/mol. The summed E-state index contributed by atoms with van der Waals surface area (Å²) < 4.78 is 32.7. The van der Waals surface area contributed by atoms with Crippen molar-refractivity contribution in [1.82, 2.24) is 5.32 Å². The highest BCUT2D eigenvalue weighted by Crippen LogP contribution is 2.22. The van der Waals surface area contributed by atoms with Gasteiger partial charge in [-0.05, 0) is 54.4 Å². The molecule has 0 aliphatic heterocycles. The number of carbonyl (C=O) groups is 1. The molecule has 0 bridgehead atoms. The van der Waals surface area contributed by atoms with Crippen LogP contribution in [-0.2, 0) is 10.0 Å². The van der Waals surface area contributed by atoms with Gasteiger partial charge in [0.1, 0.15) is 5.75 Å². The Balaban J connectivity index is 1.75. The molecule has 30 heavy (non-hydrogen) atoms. The van der Waals surface area contributed by atoms with Gasteiger partial charge in [0.15, 0.2) is 0 Å². The van der Waals surface area contributed by atoms with Crippen LogP contribution in [0, 0.1) is 0 Å². The van der Waals surface area contributed by atoms with E-state index >= 15 is 0 Å². The molecule has 0 radical (unpaired) electrons. The Labute approximate surface area is 177 Å². The normalized spacial score (nSPS) is 12.1. The minimum Gasteiger partial charge on any atom is -0.497 e. The minimum absolute atomic E-state index is 0.158. The maximum atomic E-state index is 12.8. The first-order chi connectivity index (χ1) is 14.4. The second-order valence-corrected chi connectivity index (χ2v) is 8.39. The lowest BCUT2D eigenvalue weighted by Gasteiger charge is -2.18. The van der Waals surface area contributed by atoms with Gasteiger partial charge >= 0.3 is 0 Å². The Morgan fingerprint density at radius 3 is 2.30 bits per heavy atom. The molecule has 0 aromatic heterocycles. The zero-order chi connectivity index (χ0) is 21.6. The molecular weight excluding hydrogens is 400 g/mol. The highest BCUT2D eigenvalue weighted by atomic mass is 32.2. The summed E-state index contributed by atoms with van der Waals surface area (Å²) in [6, 6.07) is 21.9. The van der Waals surface area contributed by atoms with Gasteiger partial charge in [0.25, 0.3) is 15.9 Å². The molecule has 1 amide bonds. The molecule has 0 aliphatic carbocycles. The molecular formula is C23H24N2O4S. The van der Waals surface area contributed by atoms with Gasteiger partial charge in [-0.15, -0.1) is 0 Å². The average molecular weight is 425 g/mol. The van der Waals surface area contributed by atoms with Gasteiger partial charge in [-0.1, -0.05) is 43.3 Å². The van der Waals surface area contributed by atoms with E-state index in [9.17, 15) is 13.2 Å². The summed E-state index contributed by atoms with van der Waals surface area (Å²) in [6.07, 6.45) is 0.707. The summed E-state index contributed by atoms with van der Waals surface area (Å²) in [5, 5.41) is 3.00. The Morgan fingerprint density at radius 2 is 1.67 bits per heavy atom. The number of rotatable bonds is 8. The van der Waals surface area contributed by atoms with Crippen molar-refractivity contribution in [2.24, 2.45) is 0 Å². The quantitative estimate of drug-likeness (QED) is 0.562. The minimum atomic E-state index is -3.73. The lowest BCUT2D eigenvalue weighted by atomic mass is 10.0. The van der Waals surface area contributed by atoms with Gasteiger partial charge in [-0.3, -0.25) is 9.52 Å². The molecule has 3 aromatic rings. The number of hydrogen-bond acceptors (Lipinski definition) is 4. The second kappa shape index (κ2) is 9.45. The molecule has 0 fully saturated rings. The summed E-state index contributed by atoms with van der Waals surface area (Å²) in [4.78, 5) is 12.9. The number of methoxy groups -OCH3 is 1. The van der Waals surface area contributed by atoms with E-state index in [0.717, 1.165) is 11.3 Å². The van der Waals surface area contributed by atoms with Gasteiger partial charge < -0.3 is 10.1 Å². The Morgan fingerprint density at radius 1 is 0.967 bits per heavy atom. The Bertz CT molecular complexity index is 1100. The number of anilines is 1. The molecule has 3 aromatic carbocycles. The fraction of sp³-hybridized carbons (Fsp3) is 0.174. The van der Waals surface area contributed by atoms with Crippen molar-refractivity contribution in [2.45, 2.75) is 24.3 Å². The Kier molecular flexibility index (Phi) is 6.74. The SMILES string of the molecule is CC[C@H](NC(=O)c1cccc(NS(=O)(=O)c2ccccc2)c1)c1ccc(OC)cc1. The van der Waals surface area contributed by atoms with Crippen LogP contribution in [0.25, 0.3) is 0 Å². The third-order valence-corrected chi connectivity index (χ3v) is 6.06. The number of benzene rings is 3. The van der Waals surface area contributed by atoms with E-state index in [-0.39, 0.29) is 16.8 Å². The van der Waals surface area contributed by atoms with Crippen molar-refractivity contribution in [1.29, 1.82) is 0 Å². The molecule has 0 saturated heterocycles. The summed E-state index contributed by atoms with van der Waals surface area (Å²) >= 11 is 0. The zero-order valence-electron chi connectivity index (χ0n) is 16.8. The summed E-state index contributed by atoms with van der Waals surface area (Å²) in [6.45, 7) is 1.99. The van der Waals surface area contributed by atoms with E-state index in [1.807, 2.05) is 31.2 Å². The molecule has 3 rings (SSSR count). The Hall–Kier alpha value is -3.32.